The second kappa shape index (κ2) is 8.16. The van der Waals surface area contributed by atoms with Crippen LogP contribution in [0, 0.1) is 15.9 Å². The van der Waals surface area contributed by atoms with Crippen LogP contribution in [0.4, 0.5) is 15.8 Å². The molecule has 8 nitrogen and oxygen atoms in total. The Kier molecular flexibility index (Phi) is 5.83. The van der Waals surface area contributed by atoms with Crippen molar-refractivity contribution in [3.05, 3.63) is 64.0 Å². The number of carbonyl (C=O) groups excluding carboxylic acids is 1. The summed E-state index contributed by atoms with van der Waals surface area (Å²) in [7, 11) is -3.77. The summed E-state index contributed by atoms with van der Waals surface area (Å²) < 4.78 is 37.6. The van der Waals surface area contributed by atoms with Crippen molar-refractivity contribution in [3.8, 4) is 0 Å². The molecule has 1 aliphatic heterocycles. The van der Waals surface area contributed by atoms with Gasteiger partial charge in [0.05, 0.1) is 10.5 Å². The number of carbonyl (C=O) groups is 1. The van der Waals surface area contributed by atoms with Crippen LogP contribution < -0.4 is 5.32 Å². The summed E-state index contributed by atoms with van der Waals surface area (Å²) in [5, 5.41) is 14.5. The quantitative estimate of drug-likeness (QED) is 0.587. The number of rotatable bonds is 5. The minimum Gasteiger partial charge on any atom is -0.377 e. The van der Waals surface area contributed by atoms with E-state index in [4.69, 9.17) is 0 Å². The maximum atomic E-state index is 13.8. The van der Waals surface area contributed by atoms with Crippen molar-refractivity contribution in [1.82, 2.24) is 4.90 Å². The Morgan fingerprint density at radius 1 is 1.17 bits per heavy atom. The van der Waals surface area contributed by atoms with Crippen LogP contribution in [0.1, 0.15) is 23.2 Å². The Morgan fingerprint density at radius 2 is 1.83 bits per heavy atom. The Bertz CT molecular complexity index is 1050. The van der Waals surface area contributed by atoms with E-state index in [-0.39, 0.29) is 22.2 Å². The van der Waals surface area contributed by atoms with Crippen LogP contribution in [0.15, 0.2) is 47.4 Å². The van der Waals surface area contributed by atoms with Gasteiger partial charge in [-0.15, -0.1) is 0 Å². The maximum absolute atomic E-state index is 13.8. The van der Waals surface area contributed by atoms with Crippen molar-refractivity contribution in [2.24, 2.45) is 0 Å². The lowest BCUT2D eigenvalue weighted by atomic mass is 10.0. The summed E-state index contributed by atoms with van der Waals surface area (Å²) >= 11 is 0. The van der Waals surface area contributed by atoms with Crippen LogP contribution in [0.5, 0.6) is 0 Å². The number of nitrogens with one attached hydrogen (secondary N) is 1. The van der Waals surface area contributed by atoms with E-state index in [9.17, 15) is 27.7 Å². The molecule has 0 bridgehead atoms. The molecule has 1 saturated heterocycles. The van der Waals surface area contributed by atoms with Crippen LogP contribution in [-0.2, 0) is 9.84 Å². The number of nitrogens with zero attached hydrogens (tertiary/aromatic N) is 2. The molecule has 1 N–H and O–H groups in total. The third-order valence-electron chi connectivity index (χ3n) is 4.83. The highest BCUT2D eigenvalue weighted by atomic mass is 32.2. The van der Waals surface area contributed by atoms with Crippen molar-refractivity contribution < 1.29 is 22.5 Å². The van der Waals surface area contributed by atoms with E-state index in [0.29, 0.717) is 25.9 Å². The van der Waals surface area contributed by atoms with Crippen LogP contribution >= 0.6 is 0 Å². The number of amides is 1. The van der Waals surface area contributed by atoms with Gasteiger partial charge in [-0.05, 0) is 37.1 Å². The zero-order valence-corrected chi connectivity index (χ0v) is 16.5. The van der Waals surface area contributed by atoms with E-state index in [1.165, 1.54) is 41.3 Å². The van der Waals surface area contributed by atoms with Gasteiger partial charge in [0, 0.05) is 25.4 Å². The number of nitro benzene ring substituents is 1. The lowest BCUT2D eigenvalue weighted by molar-refractivity contribution is -0.386. The first-order valence-electron chi connectivity index (χ1n) is 8.96. The summed E-state index contributed by atoms with van der Waals surface area (Å²) in [6, 6.07) is 9.70. The highest BCUT2D eigenvalue weighted by molar-refractivity contribution is 7.90. The van der Waals surface area contributed by atoms with Crippen LogP contribution in [0.25, 0.3) is 0 Å². The number of hydrogen-bond donors (Lipinski definition) is 1. The summed E-state index contributed by atoms with van der Waals surface area (Å²) in [5.74, 6) is -0.974. The Balaban J connectivity index is 1.73. The minimum absolute atomic E-state index is 0.00963. The average molecular weight is 421 g/mol. The lowest BCUT2D eigenvalue weighted by Gasteiger charge is -2.33. The van der Waals surface area contributed by atoms with Crippen molar-refractivity contribution in [2.75, 3.05) is 24.7 Å². The molecule has 2 aromatic rings. The van der Waals surface area contributed by atoms with E-state index in [0.717, 1.165) is 6.26 Å². The molecule has 3 rings (SSSR count). The predicted octanol–water partition coefficient (Wildman–Crippen LogP) is 2.85. The van der Waals surface area contributed by atoms with E-state index in [1.807, 2.05) is 0 Å². The summed E-state index contributed by atoms with van der Waals surface area (Å²) in [4.78, 5) is 24.4. The number of sulfone groups is 1. The largest absolute Gasteiger partial charge is 0.377 e. The molecule has 0 atom stereocenters. The van der Waals surface area contributed by atoms with Crippen molar-refractivity contribution >= 4 is 27.1 Å². The smallest absolute Gasteiger partial charge is 0.310 e. The maximum Gasteiger partial charge on any atom is 0.310 e. The molecule has 154 valence electrons. The first kappa shape index (κ1) is 20.7. The normalized spacial score (nSPS) is 15.2. The fourth-order valence-corrected chi connectivity index (χ4v) is 4.24. The summed E-state index contributed by atoms with van der Waals surface area (Å²) in [5.41, 5.74) is -0.355. The molecular formula is C19H20FN3O5S. The number of para-hydroxylation sites is 1. The van der Waals surface area contributed by atoms with Gasteiger partial charge >= 0.3 is 5.69 Å². The Labute approximate surface area is 167 Å². The SMILES string of the molecule is CS(=O)(=O)c1cccc(NC2CCN(C(=O)c3ccccc3F)CC2)c1[N+](=O)[O-]. The second-order valence-electron chi connectivity index (χ2n) is 6.87. The van der Waals surface area contributed by atoms with E-state index < -0.39 is 32.2 Å². The van der Waals surface area contributed by atoms with Crippen LogP contribution in [-0.4, -0.2) is 49.5 Å². The van der Waals surface area contributed by atoms with E-state index in [2.05, 4.69) is 5.32 Å². The molecule has 1 amide bonds. The van der Waals surface area contributed by atoms with Crippen LogP contribution in [0.2, 0.25) is 0 Å². The third-order valence-corrected chi connectivity index (χ3v) is 5.96. The predicted molar refractivity (Wildman–Crippen MR) is 105 cm³/mol. The number of benzene rings is 2. The molecule has 2 aromatic carbocycles. The van der Waals surface area contributed by atoms with Gasteiger partial charge in [0.1, 0.15) is 16.4 Å². The molecule has 0 spiro atoms. The standard InChI is InChI=1S/C19H20FN3O5S/c1-29(27,28)17-8-4-7-16(18(17)23(25)26)21-13-9-11-22(12-10-13)19(24)14-5-2-3-6-15(14)20/h2-8,13,21H,9-12H2,1H3. The number of hydrogen-bond acceptors (Lipinski definition) is 6. The highest BCUT2D eigenvalue weighted by Crippen LogP contribution is 2.33. The number of anilines is 1. The molecule has 1 fully saturated rings. The monoisotopic (exact) mass is 421 g/mol. The number of likely N-dealkylation sites (tertiary alicyclic amines) is 1. The van der Waals surface area contributed by atoms with Crippen molar-refractivity contribution in [2.45, 2.75) is 23.8 Å². The van der Waals surface area contributed by atoms with Gasteiger partial charge in [0.15, 0.2) is 9.84 Å². The first-order valence-corrected chi connectivity index (χ1v) is 10.9. The number of piperidine rings is 1. The van der Waals surface area contributed by atoms with Gasteiger partial charge in [-0.25, -0.2) is 12.8 Å². The van der Waals surface area contributed by atoms with Crippen LogP contribution in [0.3, 0.4) is 0 Å². The van der Waals surface area contributed by atoms with Crippen molar-refractivity contribution in [3.63, 3.8) is 0 Å². The Morgan fingerprint density at radius 3 is 2.41 bits per heavy atom. The van der Waals surface area contributed by atoms with Gasteiger partial charge in [-0.3, -0.25) is 14.9 Å². The number of nitro groups is 1. The van der Waals surface area contributed by atoms with E-state index >= 15 is 0 Å². The zero-order valence-electron chi connectivity index (χ0n) is 15.7. The van der Waals surface area contributed by atoms with Gasteiger partial charge in [0.25, 0.3) is 5.91 Å². The minimum atomic E-state index is -3.77. The molecule has 0 saturated carbocycles. The summed E-state index contributed by atoms with van der Waals surface area (Å²) in [6.45, 7) is 0.703. The first-order chi connectivity index (χ1) is 13.7. The number of halogens is 1. The fraction of sp³-hybridized carbons (Fsp3) is 0.316. The second-order valence-corrected chi connectivity index (χ2v) is 8.86. The third kappa shape index (κ3) is 4.53. The topological polar surface area (TPSA) is 110 Å². The average Bonchev–Trinajstić information content (AvgIpc) is 2.67. The molecule has 0 unspecified atom stereocenters. The molecule has 29 heavy (non-hydrogen) atoms. The molecule has 0 aliphatic carbocycles. The molecule has 0 radical (unpaired) electrons. The van der Waals surface area contributed by atoms with Gasteiger partial charge in [-0.2, -0.15) is 0 Å². The molecular weight excluding hydrogens is 401 g/mol. The van der Waals surface area contributed by atoms with Gasteiger partial charge in [-0.1, -0.05) is 18.2 Å². The zero-order chi connectivity index (χ0) is 21.2. The van der Waals surface area contributed by atoms with Gasteiger partial charge < -0.3 is 10.2 Å². The van der Waals surface area contributed by atoms with Gasteiger partial charge in [0.2, 0.25) is 0 Å². The van der Waals surface area contributed by atoms with E-state index in [1.54, 1.807) is 6.07 Å². The highest BCUT2D eigenvalue weighted by Gasteiger charge is 2.29. The molecule has 10 heteroatoms. The molecule has 1 aliphatic rings. The lowest BCUT2D eigenvalue weighted by Crippen LogP contribution is -2.42. The Hall–Kier alpha value is -3.01. The summed E-state index contributed by atoms with van der Waals surface area (Å²) in [6.07, 6.45) is 1.90. The fourth-order valence-electron chi connectivity index (χ4n) is 3.38. The van der Waals surface area contributed by atoms with Crippen molar-refractivity contribution in [1.29, 1.82) is 0 Å². The molecule has 1 heterocycles. The molecule has 0 aromatic heterocycles.